The lowest BCUT2D eigenvalue weighted by Gasteiger charge is -2.22. The van der Waals surface area contributed by atoms with Crippen LogP contribution >= 0.6 is 11.6 Å². The van der Waals surface area contributed by atoms with E-state index < -0.39 is 5.79 Å². The Kier molecular flexibility index (Phi) is 3.56. The van der Waals surface area contributed by atoms with Crippen molar-refractivity contribution in [3.8, 4) is 0 Å². The van der Waals surface area contributed by atoms with Crippen LogP contribution in [-0.2, 0) is 9.47 Å². The molecule has 12 heavy (non-hydrogen) atoms. The van der Waals surface area contributed by atoms with Crippen molar-refractivity contribution in [2.45, 2.75) is 31.7 Å². The van der Waals surface area contributed by atoms with Crippen LogP contribution in [0.15, 0.2) is 12.7 Å². The Labute approximate surface area is 78.5 Å². The summed E-state index contributed by atoms with van der Waals surface area (Å²) in [6.07, 6.45) is 3.68. The van der Waals surface area contributed by atoms with Gasteiger partial charge in [-0.15, -0.1) is 18.2 Å². The van der Waals surface area contributed by atoms with Crippen molar-refractivity contribution in [3.63, 3.8) is 0 Å². The number of rotatable bonds is 4. The van der Waals surface area contributed by atoms with E-state index in [1.165, 1.54) is 0 Å². The van der Waals surface area contributed by atoms with E-state index in [-0.39, 0.29) is 6.10 Å². The molecule has 0 amide bonds. The van der Waals surface area contributed by atoms with Gasteiger partial charge in [-0.3, -0.25) is 0 Å². The predicted molar refractivity (Wildman–Crippen MR) is 49.4 cm³/mol. The van der Waals surface area contributed by atoms with Crippen LogP contribution in [0.25, 0.3) is 0 Å². The molecule has 2 atom stereocenters. The van der Waals surface area contributed by atoms with E-state index in [0.717, 1.165) is 12.8 Å². The number of hydrogen-bond donors (Lipinski definition) is 0. The van der Waals surface area contributed by atoms with Crippen molar-refractivity contribution in [1.82, 2.24) is 0 Å². The lowest BCUT2D eigenvalue weighted by Crippen LogP contribution is -2.26. The fourth-order valence-electron chi connectivity index (χ4n) is 1.26. The Morgan fingerprint density at radius 3 is 3.00 bits per heavy atom. The highest BCUT2D eigenvalue weighted by Crippen LogP contribution is 2.28. The number of halogens is 1. The van der Waals surface area contributed by atoms with Gasteiger partial charge in [0, 0.05) is 6.42 Å². The first-order valence-electron chi connectivity index (χ1n) is 4.19. The summed E-state index contributed by atoms with van der Waals surface area (Å²) in [5.74, 6) is 0.0669. The molecule has 70 valence electrons. The molecule has 0 aromatic heterocycles. The van der Waals surface area contributed by atoms with Gasteiger partial charge in [-0.2, -0.15) is 0 Å². The van der Waals surface area contributed by atoms with Gasteiger partial charge in [0.15, 0.2) is 5.79 Å². The Morgan fingerprint density at radius 1 is 1.75 bits per heavy atom. The molecule has 1 aliphatic rings. The SMILES string of the molecule is C=CCC[C@]1(C)OC[C@H](CCl)O1. The van der Waals surface area contributed by atoms with Crippen molar-refractivity contribution in [2.75, 3.05) is 12.5 Å². The molecule has 0 saturated carbocycles. The van der Waals surface area contributed by atoms with Crippen LogP contribution in [-0.4, -0.2) is 24.4 Å². The van der Waals surface area contributed by atoms with Crippen molar-refractivity contribution in [1.29, 1.82) is 0 Å². The smallest absolute Gasteiger partial charge is 0.166 e. The third-order valence-electron chi connectivity index (χ3n) is 1.97. The Bertz CT molecular complexity index is 161. The molecule has 0 aromatic carbocycles. The minimum atomic E-state index is -0.437. The van der Waals surface area contributed by atoms with Crippen LogP contribution in [0.4, 0.5) is 0 Å². The Hall–Kier alpha value is -0.0500. The normalized spacial score (nSPS) is 35.3. The van der Waals surface area contributed by atoms with E-state index in [0.29, 0.717) is 12.5 Å². The van der Waals surface area contributed by atoms with Crippen LogP contribution in [0.1, 0.15) is 19.8 Å². The van der Waals surface area contributed by atoms with Crippen molar-refractivity contribution in [2.24, 2.45) is 0 Å². The van der Waals surface area contributed by atoms with Crippen molar-refractivity contribution < 1.29 is 9.47 Å². The maximum atomic E-state index is 5.64. The zero-order valence-electron chi connectivity index (χ0n) is 7.38. The molecule has 0 N–H and O–H groups in total. The van der Waals surface area contributed by atoms with Crippen molar-refractivity contribution in [3.05, 3.63) is 12.7 Å². The van der Waals surface area contributed by atoms with Gasteiger partial charge < -0.3 is 9.47 Å². The first-order chi connectivity index (χ1) is 5.70. The lowest BCUT2D eigenvalue weighted by atomic mass is 10.2. The lowest BCUT2D eigenvalue weighted by molar-refractivity contribution is -0.155. The fraction of sp³-hybridized carbons (Fsp3) is 0.778. The summed E-state index contributed by atoms with van der Waals surface area (Å²) in [6, 6.07) is 0. The third kappa shape index (κ3) is 2.47. The molecular formula is C9H15ClO2. The number of alkyl halides is 1. The van der Waals surface area contributed by atoms with Gasteiger partial charge in [0.25, 0.3) is 0 Å². The molecule has 0 spiro atoms. The summed E-state index contributed by atoms with van der Waals surface area (Å²) in [4.78, 5) is 0. The molecule has 1 heterocycles. The van der Waals surface area contributed by atoms with Crippen molar-refractivity contribution >= 4 is 11.6 Å². The van der Waals surface area contributed by atoms with Gasteiger partial charge >= 0.3 is 0 Å². The van der Waals surface area contributed by atoms with Gasteiger partial charge in [0.05, 0.1) is 18.6 Å². The molecule has 1 fully saturated rings. The second-order valence-electron chi connectivity index (χ2n) is 3.17. The first kappa shape index (κ1) is 10.0. The Balaban J connectivity index is 2.35. The molecule has 0 aliphatic carbocycles. The molecule has 0 aromatic rings. The van der Waals surface area contributed by atoms with E-state index in [1.54, 1.807) is 0 Å². The number of hydrogen-bond acceptors (Lipinski definition) is 2. The molecule has 1 aliphatic heterocycles. The van der Waals surface area contributed by atoms with Crippen LogP contribution in [0.2, 0.25) is 0 Å². The third-order valence-corrected chi connectivity index (χ3v) is 2.31. The second kappa shape index (κ2) is 4.26. The van der Waals surface area contributed by atoms with Gasteiger partial charge in [0.2, 0.25) is 0 Å². The minimum Gasteiger partial charge on any atom is -0.347 e. The highest BCUT2D eigenvalue weighted by atomic mass is 35.5. The van der Waals surface area contributed by atoms with Crippen LogP contribution in [0.3, 0.4) is 0 Å². The minimum absolute atomic E-state index is 0.0569. The summed E-state index contributed by atoms with van der Waals surface area (Å²) in [5.41, 5.74) is 0. The largest absolute Gasteiger partial charge is 0.347 e. The second-order valence-corrected chi connectivity index (χ2v) is 3.47. The van der Waals surface area contributed by atoms with E-state index in [9.17, 15) is 0 Å². The average Bonchev–Trinajstić information content (AvgIpc) is 2.45. The average molecular weight is 191 g/mol. The predicted octanol–water partition coefficient (Wildman–Crippen LogP) is 2.32. The quantitative estimate of drug-likeness (QED) is 0.501. The topological polar surface area (TPSA) is 18.5 Å². The highest BCUT2D eigenvalue weighted by Gasteiger charge is 2.35. The monoisotopic (exact) mass is 190 g/mol. The van der Waals surface area contributed by atoms with Gasteiger partial charge in [-0.25, -0.2) is 0 Å². The van der Waals surface area contributed by atoms with E-state index in [2.05, 4.69) is 6.58 Å². The fourth-order valence-corrected chi connectivity index (χ4v) is 1.41. The summed E-state index contributed by atoms with van der Waals surface area (Å²) in [6.45, 7) is 6.21. The van der Waals surface area contributed by atoms with Crippen LogP contribution in [0.5, 0.6) is 0 Å². The maximum absolute atomic E-state index is 5.64. The molecular weight excluding hydrogens is 176 g/mol. The zero-order chi connectivity index (χ0) is 9.03. The first-order valence-corrected chi connectivity index (χ1v) is 4.72. The van der Waals surface area contributed by atoms with E-state index >= 15 is 0 Å². The maximum Gasteiger partial charge on any atom is 0.166 e. The molecule has 0 radical (unpaired) electrons. The van der Waals surface area contributed by atoms with Gasteiger partial charge in [0.1, 0.15) is 0 Å². The molecule has 0 bridgehead atoms. The summed E-state index contributed by atoms with van der Waals surface area (Å²) in [5, 5.41) is 0. The molecule has 1 saturated heterocycles. The standard InChI is InChI=1S/C9H15ClO2/c1-3-4-5-9(2)11-7-8(6-10)12-9/h3,8H,1,4-7H2,2H3/t8-,9+/m0/s1. The molecule has 2 nitrogen and oxygen atoms in total. The highest BCUT2D eigenvalue weighted by molar-refractivity contribution is 6.18. The van der Waals surface area contributed by atoms with Gasteiger partial charge in [-0.1, -0.05) is 6.08 Å². The summed E-state index contributed by atoms with van der Waals surface area (Å²) in [7, 11) is 0. The molecule has 3 heteroatoms. The summed E-state index contributed by atoms with van der Waals surface area (Å²) < 4.78 is 11.1. The zero-order valence-corrected chi connectivity index (χ0v) is 8.14. The Morgan fingerprint density at radius 2 is 2.50 bits per heavy atom. The number of ether oxygens (including phenoxy) is 2. The van der Waals surface area contributed by atoms with E-state index in [4.69, 9.17) is 21.1 Å². The molecule has 0 unspecified atom stereocenters. The van der Waals surface area contributed by atoms with Crippen LogP contribution < -0.4 is 0 Å². The van der Waals surface area contributed by atoms with E-state index in [1.807, 2.05) is 13.0 Å². The van der Waals surface area contributed by atoms with Gasteiger partial charge in [-0.05, 0) is 13.3 Å². The number of allylic oxidation sites excluding steroid dienone is 1. The summed E-state index contributed by atoms with van der Waals surface area (Å²) >= 11 is 5.64. The van der Waals surface area contributed by atoms with Crippen LogP contribution in [0, 0.1) is 0 Å². The molecule has 1 rings (SSSR count).